The number of piperidine rings is 1. The lowest BCUT2D eigenvalue weighted by molar-refractivity contribution is 0.142. The molecule has 0 radical (unpaired) electrons. The smallest absolute Gasteiger partial charge is 0.217 e. The number of hydrogen-bond donors (Lipinski definition) is 1. The number of halogens is 2. The van der Waals surface area contributed by atoms with Crippen LogP contribution in [0, 0.1) is 11.8 Å². The Balaban J connectivity index is 1.35. The monoisotopic (exact) mass is 523 g/mol. The van der Waals surface area contributed by atoms with Crippen molar-refractivity contribution in [2.24, 2.45) is 11.8 Å². The lowest BCUT2D eigenvalue weighted by Crippen LogP contribution is -2.58. The van der Waals surface area contributed by atoms with Crippen LogP contribution in [0.2, 0.25) is 10.0 Å². The zero-order valence-corrected chi connectivity index (χ0v) is 22.3. The van der Waals surface area contributed by atoms with Crippen molar-refractivity contribution in [1.82, 2.24) is 14.5 Å². The van der Waals surface area contributed by atoms with Crippen molar-refractivity contribution in [2.75, 3.05) is 39.3 Å². The molecule has 2 aromatic carbocycles. The van der Waals surface area contributed by atoms with Gasteiger partial charge in [-0.25, -0.2) is 13.1 Å². The summed E-state index contributed by atoms with van der Waals surface area (Å²) in [6, 6.07) is 15.5. The van der Waals surface area contributed by atoms with Crippen molar-refractivity contribution in [2.45, 2.75) is 38.0 Å². The zero-order chi connectivity index (χ0) is 24.3. The normalized spacial score (nSPS) is 19.1. The van der Waals surface area contributed by atoms with E-state index < -0.39 is 15.3 Å². The van der Waals surface area contributed by atoms with Gasteiger partial charge < -0.3 is 4.90 Å². The van der Waals surface area contributed by atoms with Gasteiger partial charge in [-0.15, -0.1) is 0 Å². The van der Waals surface area contributed by atoms with E-state index in [0.29, 0.717) is 41.5 Å². The van der Waals surface area contributed by atoms with E-state index in [1.54, 1.807) is 0 Å². The average Bonchev–Trinajstić information content (AvgIpc) is 2.76. The molecule has 0 spiro atoms. The first kappa shape index (κ1) is 25.9. The van der Waals surface area contributed by atoms with E-state index in [9.17, 15) is 8.42 Å². The Morgan fingerprint density at radius 3 is 1.88 bits per heavy atom. The van der Waals surface area contributed by atoms with Crippen LogP contribution in [-0.4, -0.2) is 62.7 Å². The van der Waals surface area contributed by atoms with Crippen LogP contribution in [0.15, 0.2) is 48.5 Å². The number of benzene rings is 2. The Morgan fingerprint density at radius 2 is 1.41 bits per heavy atom. The SMILES string of the molecule is CC(C)CN1CCC(CNS(=O)(=O)C2CN(C(c3ccc(Cl)cc3)c3ccc(Cl)cc3)C2)CC1. The van der Waals surface area contributed by atoms with Crippen molar-refractivity contribution in [3.8, 4) is 0 Å². The molecule has 2 aromatic rings. The number of sulfonamides is 1. The van der Waals surface area contributed by atoms with Crippen LogP contribution in [0.1, 0.15) is 43.9 Å². The van der Waals surface area contributed by atoms with Crippen LogP contribution in [0.5, 0.6) is 0 Å². The molecule has 2 fully saturated rings. The third kappa shape index (κ3) is 6.54. The summed E-state index contributed by atoms with van der Waals surface area (Å²) in [6.45, 7) is 9.28. The number of hydrogen-bond acceptors (Lipinski definition) is 4. The lowest BCUT2D eigenvalue weighted by Gasteiger charge is -2.44. The van der Waals surface area contributed by atoms with Crippen molar-refractivity contribution in [3.05, 3.63) is 69.7 Å². The highest BCUT2D eigenvalue weighted by molar-refractivity contribution is 7.90. The molecule has 2 aliphatic rings. The van der Waals surface area contributed by atoms with E-state index in [2.05, 4.69) is 28.4 Å². The molecule has 0 bridgehead atoms. The third-order valence-electron chi connectivity index (χ3n) is 6.96. The lowest BCUT2D eigenvalue weighted by atomic mass is 9.94. The Morgan fingerprint density at radius 1 is 0.912 bits per heavy atom. The van der Waals surface area contributed by atoms with E-state index in [0.717, 1.165) is 43.6 Å². The summed E-state index contributed by atoms with van der Waals surface area (Å²) in [7, 11) is -3.35. The Bertz CT molecular complexity index is 985. The highest BCUT2D eigenvalue weighted by Crippen LogP contribution is 2.35. The van der Waals surface area contributed by atoms with Gasteiger partial charge in [0.1, 0.15) is 5.25 Å². The molecule has 2 aliphatic heterocycles. The van der Waals surface area contributed by atoms with Gasteiger partial charge in [0.15, 0.2) is 0 Å². The van der Waals surface area contributed by atoms with Crippen LogP contribution < -0.4 is 4.72 Å². The molecule has 0 amide bonds. The average molecular weight is 525 g/mol. The van der Waals surface area contributed by atoms with Crippen molar-refractivity contribution < 1.29 is 8.42 Å². The molecule has 186 valence electrons. The molecule has 0 saturated carbocycles. The molecule has 8 heteroatoms. The predicted molar refractivity (Wildman–Crippen MR) is 141 cm³/mol. The van der Waals surface area contributed by atoms with Crippen LogP contribution in [0.25, 0.3) is 0 Å². The Kier molecular flexibility index (Phi) is 8.60. The summed E-state index contributed by atoms with van der Waals surface area (Å²) in [5.41, 5.74) is 2.17. The maximum Gasteiger partial charge on any atom is 0.217 e. The Labute approximate surface area is 214 Å². The maximum absolute atomic E-state index is 13.0. The number of nitrogens with one attached hydrogen (secondary N) is 1. The van der Waals surface area contributed by atoms with Crippen LogP contribution in [-0.2, 0) is 10.0 Å². The van der Waals surface area contributed by atoms with E-state index in [1.807, 2.05) is 48.5 Å². The fourth-order valence-electron chi connectivity index (χ4n) is 5.02. The van der Waals surface area contributed by atoms with Crippen molar-refractivity contribution in [1.29, 1.82) is 0 Å². The highest BCUT2D eigenvalue weighted by Gasteiger charge is 2.41. The van der Waals surface area contributed by atoms with Gasteiger partial charge in [-0.05, 0) is 73.2 Å². The van der Waals surface area contributed by atoms with E-state index in [1.165, 1.54) is 0 Å². The molecule has 34 heavy (non-hydrogen) atoms. The standard InChI is InChI=1S/C26H35Cl2N3O2S/c1-19(2)16-30-13-11-20(12-14-30)15-29-34(32,33)25-17-31(18-25)26(21-3-7-23(27)8-4-21)22-5-9-24(28)10-6-22/h3-10,19-20,25-26,29H,11-18H2,1-2H3. The summed E-state index contributed by atoms with van der Waals surface area (Å²) in [5.74, 6) is 1.09. The quantitative estimate of drug-likeness (QED) is 0.499. The van der Waals surface area contributed by atoms with Crippen LogP contribution in [0.3, 0.4) is 0 Å². The maximum atomic E-state index is 13.0. The van der Waals surface area contributed by atoms with Gasteiger partial charge in [0.05, 0.1) is 6.04 Å². The fraction of sp³-hybridized carbons (Fsp3) is 0.538. The van der Waals surface area contributed by atoms with Gasteiger partial charge in [0.2, 0.25) is 10.0 Å². The first-order valence-corrected chi connectivity index (χ1v) is 14.5. The molecule has 0 aromatic heterocycles. The predicted octanol–water partition coefficient (Wildman–Crippen LogP) is 5.05. The summed E-state index contributed by atoms with van der Waals surface area (Å²) in [6.07, 6.45) is 2.11. The van der Waals surface area contributed by atoms with Gasteiger partial charge >= 0.3 is 0 Å². The second-order valence-electron chi connectivity index (χ2n) is 10.1. The first-order valence-electron chi connectivity index (χ1n) is 12.2. The molecule has 0 aliphatic carbocycles. The largest absolute Gasteiger partial charge is 0.303 e. The second-order valence-corrected chi connectivity index (χ2v) is 13.0. The van der Waals surface area contributed by atoms with Crippen molar-refractivity contribution >= 4 is 33.2 Å². The van der Waals surface area contributed by atoms with Crippen LogP contribution in [0.4, 0.5) is 0 Å². The summed E-state index contributed by atoms with van der Waals surface area (Å²) < 4.78 is 29.0. The molecular weight excluding hydrogens is 489 g/mol. The highest BCUT2D eigenvalue weighted by atomic mass is 35.5. The number of likely N-dealkylation sites (tertiary alicyclic amines) is 2. The number of nitrogens with zero attached hydrogens (tertiary/aromatic N) is 2. The van der Waals surface area contributed by atoms with E-state index in [-0.39, 0.29) is 6.04 Å². The molecule has 5 nitrogen and oxygen atoms in total. The van der Waals surface area contributed by atoms with E-state index >= 15 is 0 Å². The minimum absolute atomic E-state index is 0.0359. The summed E-state index contributed by atoms with van der Waals surface area (Å²) in [5, 5.41) is 0.972. The molecule has 4 rings (SSSR count). The van der Waals surface area contributed by atoms with Gasteiger partial charge in [-0.2, -0.15) is 0 Å². The Hall–Kier alpha value is -1.15. The first-order chi connectivity index (χ1) is 16.2. The summed E-state index contributed by atoms with van der Waals surface area (Å²) >= 11 is 12.2. The minimum atomic E-state index is -3.35. The van der Waals surface area contributed by atoms with Gasteiger partial charge in [-0.1, -0.05) is 61.3 Å². The van der Waals surface area contributed by atoms with Gasteiger partial charge in [0, 0.05) is 36.2 Å². The van der Waals surface area contributed by atoms with Gasteiger partial charge in [-0.3, -0.25) is 4.90 Å². The topological polar surface area (TPSA) is 52.7 Å². The van der Waals surface area contributed by atoms with E-state index in [4.69, 9.17) is 23.2 Å². The molecule has 0 atom stereocenters. The molecule has 1 N–H and O–H groups in total. The van der Waals surface area contributed by atoms with Crippen molar-refractivity contribution in [3.63, 3.8) is 0 Å². The molecule has 2 saturated heterocycles. The van der Waals surface area contributed by atoms with Crippen LogP contribution >= 0.6 is 23.2 Å². The molecule has 2 heterocycles. The zero-order valence-electron chi connectivity index (χ0n) is 20.0. The number of rotatable bonds is 9. The molecule has 0 unspecified atom stereocenters. The summed E-state index contributed by atoms with van der Waals surface area (Å²) in [4.78, 5) is 4.70. The fourth-order valence-corrected chi connectivity index (χ4v) is 6.75. The third-order valence-corrected chi connectivity index (χ3v) is 9.20. The minimum Gasteiger partial charge on any atom is -0.303 e. The molecular formula is C26H35Cl2N3O2S. The van der Waals surface area contributed by atoms with Gasteiger partial charge in [0.25, 0.3) is 0 Å². The second kappa shape index (κ2) is 11.3.